The Balaban J connectivity index is 2.27. The number of benzene rings is 1. The summed E-state index contributed by atoms with van der Waals surface area (Å²) >= 11 is 5.92. The Morgan fingerprint density at radius 2 is 2.43 bits per heavy atom. The second-order valence-corrected chi connectivity index (χ2v) is 3.97. The molecule has 0 aliphatic carbocycles. The van der Waals surface area contributed by atoms with Crippen molar-refractivity contribution in [2.75, 3.05) is 6.54 Å². The van der Waals surface area contributed by atoms with Crippen LogP contribution in [-0.4, -0.2) is 12.6 Å². The van der Waals surface area contributed by atoms with Gasteiger partial charge < -0.3 is 10.1 Å². The lowest BCUT2D eigenvalue weighted by molar-refractivity contribution is 0.202. The van der Waals surface area contributed by atoms with Gasteiger partial charge in [0, 0.05) is 23.7 Å². The minimum atomic E-state index is 0.275. The number of nitrogens with one attached hydrogen (secondary N) is 1. The van der Waals surface area contributed by atoms with E-state index in [1.54, 1.807) is 0 Å². The molecule has 1 aromatic carbocycles. The van der Waals surface area contributed by atoms with E-state index in [2.05, 4.69) is 12.2 Å². The van der Waals surface area contributed by atoms with Gasteiger partial charge in [0.15, 0.2) is 0 Å². The van der Waals surface area contributed by atoms with Crippen LogP contribution in [0.2, 0.25) is 5.02 Å². The number of ether oxygens (including phenoxy) is 1. The Labute approximate surface area is 89.2 Å². The first kappa shape index (κ1) is 9.81. The SMILES string of the molecule is CC[C@@H]1CNCc2cc(Cl)ccc2O1. The predicted molar refractivity (Wildman–Crippen MR) is 57.9 cm³/mol. The average Bonchev–Trinajstić information content (AvgIpc) is 2.38. The van der Waals surface area contributed by atoms with Crippen molar-refractivity contribution in [2.45, 2.75) is 26.0 Å². The van der Waals surface area contributed by atoms with Gasteiger partial charge >= 0.3 is 0 Å². The molecule has 1 aliphatic heterocycles. The highest BCUT2D eigenvalue weighted by Gasteiger charge is 2.15. The first-order valence-corrected chi connectivity index (χ1v) is 5.33. The van der Waals surface area contributed by atoms with Crippen LogP contribution in [0.15, 0.2) is 18.2 Å². The van der Waals surface area contributed by atoms with Gasteiger partial charge in [-0.05, 0) is 24.6 Å². The molecule has 2 nitrogen and oxygen atoms in total. The Kier molecular flexibility index (Phi) is 2.94. The fourth-order valence-electron chi connectivity index (χ4n) is 1.62. The zero-order valence-corrected chi connectivity index (χ0v) is 8.97. The van der Waals surface area contributed by atoms with Crippen molar-refractivity contribution in [2.24, 2.45) is 0 Å². The van der Waals surface area contributed by atoms with E-state index in [0.717, 1.165) is 35.8 Å². The normalized spacial score (nSPS) is 20.9. The molecule has 1 atom stereocenters. The van der Waals surface area contributed by atoms with Crippen molar-refractivity contribution in [3.8, 4) is 5.75 Å². The van der Waals surface area contributed by atoms with Crippen LogP contribution in [0.25, 0.3) is 0 Å². The lowest BCUT2D eigenvalue weighted by atomic mass is 10.2. The third-order valence-corrected chi connectivity index (χ3v) is 2.69. The molecule has 1 aliphatic rings. The molecule has 0 fully saturated rings. The highest BCUT2D eigenvalue weighted by atomic mass is 35.5. The fourth-order valence-corrected chi connectivity index (χ4v) is 1.81. The van der Waals surface area contributed by atoms with Crippen molar-refractivity contribution in [1.29, 1.82) is 0 Å². The number of fused-ring (bicyclic) bond motifs is 1. The van der Waals surface area contributed by atoms with Crippen LogP contribution in [0.5, 0.6) is 5.75 Å². The zero-order valence-electron chi connectivity index (χ0n) is 8.22. The second kappa shape index (κ2) is 4.20. The van der Waals surface area contributed by atoms with Crippen LogP contribution in [0.4, 0.5) is 0 Å². The van der Waals surface area contributed by atoms with Crippen molar-refractivity contribution in [1.82, 2.24) is 5.32 Å². The Morgan fingerprint density at radius 1 is 1.57 bits per heavy atom. The number of hydrogen-bond acceptors (Lipinski definition) is 2. The lowest BCUT2D eigenvalue weighted by Crippen LogP contribution is -2.27. The van der Waals surface area contributed by atoms with Crippen LogP contribution in [0.3, 0.4) is 0 Å². The summed E-state index contributed by atoms with van der Waals surface area (Å²) in [7, 11) is 0. The molecule has 76 valence electrons. The summed E-state index contributed by atoms with van der Waals surface area (Å²) in [5.74, 6) is 0.964. The summed E-state index contributed by atoms with van der Waals surface area (Å²) in [6.45, 7) is 3.88. The van der Waals surface area contributed by atoms with Crippen LogP contribution in [0.1, 0.15) is 18.9 Å². The summed E-state index contributed by atoms with van der Waals surface area (Å²) in [6, 6.07) is 5.79. The Bertz CT molecular complexity index is 327. The summed E-state index contributed by atoms with van der Waals surface area (Å²) in [4.78, 5) is 0. The summed E-state index contributed by atoms with van der Waals surface area (Å²) < 4.78 is 5.84. The Hall–Kier alpha value is -0.730. The Morgan fingerprint density at radius 3 is 3.21 bits per heavy atom. The van der Waals surface area contributed by atoms with E-state index in [-0.39, 0.29) is 6.10 Å². The largest absolute Gasteiger partial charge is 0.489 e. The second-order valence-electron chi connectivity index (χ2n) is 3.53. The van der Waals surface area contributed by atoms with Crippen LogP contribution < -0.4 is 10.1 Å². The molecule has 1 N–H and O–H groups in total. The number of hydrogen-bond donors (Lipinski definition) is 1. The molecule has 0 unspecified atom stereocenters. The highest BCUT2D eigenvalue weighted by molar-refractivity contribution is 6.30. The molecular weight excluding hydrogens is 198 g/mol. The van der Waals surface area contributed by atoms with Crippen molar-refractivity contribution in [3.05, 3.63) is 28.8 Å². The third kappa shape index (κ3) is 2.02. The van der Waals surface area contributed by atoms with Gasteiger partial charge in [-0.25, -0.2) is 0 Å². The fraction of sp³-hybridized carbons (Fsp3) is 0.455. The summed E-state index contributed by atoms with van der Waals surface area (Å²) in [5.41, 5.74) is 1.15. The van der Waals surface area contributed by atoms with Crippen molar-refractivity contribution >= 4 is 11.6 Å². The summed E-state index contributed by atoms with van der Waals surface area (Å²) in [6.07, 6.45) is 1.30. The molecular formula is C11H14ClNO. The zero-order chi connectivity index (χ0) is 9.97. The number of halogens is 1. The third-order valence-electron chi connectivity index (χ3n) is 2.46. The molecule has 0 radical (unpaired) electrons. The standard InChI is InChI=1S/C11H14ClNO/c1-2-10-7-13-6-8-5-9(12)3-4-11(8)14-10/h3-5,10,13H,2,6-7H2,1H3/t10-/m1/s1. The van der Waals surface area contributed by atoms with Gasteiger partial charge in [-0.3, -0.25) is 0 Å². The first-order valence-electron chi connectivity index (χ1n) is 4.95. The van der Waals surface area contributed by atoms with Gasteiger partial charge in [0.05, 0.1) is 0 Å². The van der Waals surface area contributed by atoms with Gasteiger partial charge in [0.1, 0.15) is 11.9 Å². The first-order chi connectivity index (χ1) is 6.79. The monoisotopic (exact) mass is 211 g/mol. The minimum Gasteiger partial charge on any atom is -0.489 e. The molecule has 0 amide bonds. The predicted octanol–water partition coefficient (Wildman–Crippen LogP) is 2.60. The maximum atomic E-state index is 5.92. The van der Waals surface area contributed by atoms with E-state index in [1.807, 2.05) is 18.2 Å². The molecule has 0 spiro atoms. The lowest BCUT2D eigenvalue weighted by Gasteiger charge is -2.14. The molecule has 2 rings (SSSR count). The van der Waals surface area contributed by atoms with E-state index < -0.39 is 0 Å². The maximum absolute atomic E-state index is 5.92. The highest BCUT2D eigenvalue weighted by Crippen LogP contribution is 2.25. The van der Waals surface area contributed by atoms with Gasteiger partial charge in [0.25, 0.3) is 0 Å². The van der Waals surface area contributed by atoms with Crippen LogP contribution in [-0.2, 0) is 6.54 Å². The van der Waals surface area contributed by atoms with Gasteiger partial charge in [-0.1, -0.05) is 18.5 Å². The van der Waals surface area contributed by atoms with Gasteiger partial charge in [-0.2, -0.15) is 0 Å². The molecule has 1 aromatic rings. The smallest absolute Gasteiger partial charge is 0.124 e. The molecule has 14 heavy (non-hydrogen) atoms. The molecule has 0 saturated heterocycles. The quantitative estimate of drug-likeness (QED) is 0.771. The minimum absolute atomic E-state index is 0.275. The van der Waals surface area contributed by atoms with Gasteiger partial charge in [0.2, 0.25) is 0 Å². The van der Waals surface area contributed by atoms with E-state index >= 15 is 0 Å². The number of rotatable bonds is 1. The van der Waals surface area contributed by atoms with Crippen molar-refractivity contribution < 1.29 is 4.74 Å². The molecule has 0 saturated carbocycles. The average molecular weight is 212 g/mol. The van der Waals surface area contributed by atoms with Crippen LogP contribution >= 0.6 is 11.6 Å². The molecule has 3 heteroatoms. The molecule has 1 heterocycles. The van der Waals surface area contributed by atoms with E-state index in [0.29, 0.717) is 0 Å². The van der Waals surface area contributed by atoms with E-state index in [1.165, 1.54) is 0 Å². The van der Waals surface area contributed by atoms with Crippen molar-refractivity contribution in [3.63, 3.8) is 0 Å². The topological polar surface area (TPSA) is 21.3 Å². The maximum Gasteiger partial charge on any atom is 0.124 e. The molecule has 0 bridgehead atoms. The van der Waals surface area contributed by atoms with Gasteiger partial charge in [-0.15, -0.1) is 0 Å². The van der Waals surface area contributed by atoms with Crippen LogP contribution in [0, 0.1) is 0 Å². The summed E-state index contributed by atoms with van der Waals surface area (Å²) in [5, 5.41) is 4.12. The molecule has 0 aromatic heterocycles. The van der Waals surface area contributed by atoms with E-state index in [9.17, 15) is 0 Å². The van der Waals surface area contributed by atoms with E-state index in [4.69, 9.17) is 16.3 Å².